The molecule has 0 spiro atoms. The molecule has 0 aliphatic carbocycles. The molecule has 1 amide bonds. The van der Waals surface area contributed by atoms with Gasteiger partial charge < -0.3 is 5.73 Å². The summed E-state index contributed by atoms with van der Waals surface area (Å²) in [6.45, 7) is 0. The number of nitrogens with two attached hydrogens (primary N) is 1. The molecule has 0 aliphatic rings. The summed E-state index contributed by atoms with van der Waals surface area (Å²) in [5.41, 5.74) is 6.76. The van der Waals surface area contributed by atoms with Gasteiger partial charge >= 0.3 is 0 Å². The van der Waals surface area contributed by atoms with Crippen molar-refractivity contribution in [2.45, 2.75) is 5.75 Å². The van der Waals surface area contributed by atoms with Crippen LogP contribution in [0.3, 0.4) is 0 Å². The summed E-state index contributed by atoms with van der Waals surface area (Å²) in [6.07, 6.45) is 1.56. The SMILES string of the molecule is N#C[CH]CSCc1ccc(C(N)=O)cc1. The minimum Gasteiger partial charge on any atom is -0.366 e. The number of primary amides is 1. The van der Waals surface area contributed by atoms with Gasteiger partial charge in [-0.05, 0) is 17.7 Å². The first-order valence-corrected chi connectivity index (χ1v) is 5.57. The molecule has 0 bridgehead atoms. The lowest BCUT2D eigenvalue weighted by atomic mass is 10.1. The Kier molecular flexibility index (Phi) is 4.72. The number of hydrogen-bond acceptors (Lipinski definition) is 3. The Morgan fingerprint density at radius 3 is 2.67 bits per heavy atom. The maximum Gasteiger partial charge on any atom is 0.248 e. The van der Waals surface area contributed by atoms with Crippen molar-refractivity contribution in [3.05, 3.63) is 41.8 Å². The Morgan fingerprint density at radius 2 is 2.13 bits per heavy atom. The molecule has 0 saturated carbocycles. The lowest BCUT2D eigenvalue weighted by molar-refractivity contribution is 0.100. The molecular formula is C11H11N2OS. The Bertz CT molecular complexity index is 367. The van der Waals surface area contributed by atoms with Crippen LogP contribution in [0.2, 0.25) is 0 Å². The van der Waals surface area contributed by atoms with Crippen LogP contribution in [0.15, 0.2) is 24.3 Å². The average Bonchev–Trinajstić information content (AvgIpc) is 2.25. The lowest BCUT2D eigenvalue weighted by Crippen LogP contribution is -2.10. The maximum atomic E-state index is 10.8. The molecule has 0 fully saturated rings. The zero-order valence-electron chi connectivity index (χ0n) is 8.14. The van der Waals surface area contributed by atoms with Crippen LogP contribution in [0.25, 0.3) is 0 Å². The smallest absolute Gasteiger partial charge is 0.248 e. The standard InChI is InChI=1S/C11H11N2OS/c12-6-1-7-15-8-9-2-4-10(5-3-9)11(13)14/h1-5H,7-8H2,(H2,13,14). The molecule has 0 aromatic heterocycles. The highest BCUT2D eigenvalue weighted by atomic mass is 32.2. The van der Waals surface area contributed by atoms with Gasteiger partial charge in [0.1, 0.15) is 0 Å². The third kappa shape index (κ3) is 4.05. The molecule has 77 valence electrons. The summed E-state index contributed by atoms with van der Waals surface area (Å²) in [7, 11) is 0. The van der Waals surface area contributed by atoms with E-state index in [0.29, 0.717) is 11.3 Å². The Hall–Kier alpha value is -1.47. The molecule has 1 rings (SSSR count). The second-order valence-electron chi connectivity index (χ2n) is 2.91. The van der Waals surface area contributed by atoms with E-state index in [9.17, 15) is 4.79 Å². The summed E-state index contributed by atoms with van der Waals surface area (Å²) in [5.74, 6) is 1.14. The molecule has 4 heteroatoms. The van der Waals surface area contributed by atoms with Crippen LogP contribution in [0.5, 0.6) is 0 Å². The highest BCUT2D eigenvalue weighted by molar-refractivity contribution is 7.98. The number of nitriles is 1. The van der Waals surface area contributed by atoms with Crippen LogP contribution >= 0.6 is 11.8 Å². The first kappa shape index (κ1) is 11.6. The third-order valence-corrected chi connectivity index (χ3v) is 2.74. The van der Waals surface area contributed by atoms with E-state index in [1.165, 1.54) is 0 Å². The molecule has 2 N–H and O–H groups in total. The molecule has 0 heterocycles. The van der Waals surface area contributed by atoms with Crippen LogP contribution in [0, 0.1) is 17.8 Å². The van der Waals surface area contributed by atoms with E-state index in [1.807, 2.05) is 18.2 Å². The number of benzene rings is 1. The van der Waals surface area contributed by atoms with Crippen molar-refractivity contribution in [2.24, 2.45) is 5.73 Å². The van der Waals surface area contributed by atoms with Gasteiger partial charge in [0.25, 0.3) is 0 Å². The predicted molar refractivity (Wildman–Crippen MR) is 61.0 cm³/mol. The van der Waals surface area contributed by atoms with Gasteiger partial charge in [-0.2, -0.15) is 17.0 Å². The molecule has 1 aromatic rings. The van der Waals surface area contributed by atoms with Crippen molar-refractivity contribution in [1.82, 2.24) is 0 Å². The first-order chi connectivity index (χ1) is 7.24. The van der Waals surface area contributed by atoms with Crippen molar-refractivity contribution in [1.29, 1.82) is 5.26 Å². The van der Waals surface area contributed by atoms with Gasteiger partial charge in [-0.3, -0.25) is 4.79 Å². The lowest BCUT2D eigenvalue weighted by Gasteiger charge is -2.00. The number of carbonyl (C=O) groups is 1. The molecular weight excluding hydrogens is 208 g/mol. The Morgan fingerprint density at radius 1 is 1.47 bits per heavy atom. The molecule has 1 radical (unpaired) electrons. The van der Waals surface area contributed by atoms with Crippen LogP contribution in [0.4, 0.5) is 0 Å². The summed E-state index contributed by atoms with van der Waals surface area (Å²) >= 11 is 1.65. The molecule has 0 aliphatic heterocycles. The average molecular weight is 219 g/mol. The van der Waals surface area contributed by atoms with E-state index in [1.54, 1.807) is 30.3 Å². The number of carbonyl (C=O) groups excluding carboxylic acids is 1. The maximum absolute atomic E-state index is 10.8. The zero-order valence-corrected chi connectivity index (χ0v) is 8.96. The summed E-state index contributed by atoms with van der Waals surface area (Å²) < 4.78 is 0. The molecule has 1 aromatic carbocycles. The largest absolute Gasteiger partial charge is 0.366 e. The first-order valence-electron chi connectivity index (χ1n) is 4.42. The van der Waals surface area contributed by atoms with E-state index in [4.69, 9.17) is 11.0 Å². The minimum atomic E-state index is -0.410. The van der Waals surface area contributed by atoms with Gasteiger partial charge in [0.15, 0.2) is 0 Å². The van der Waals surface area contributed by atoms with E-state index in [0.717, 1.165) is 11.3 Å². The molecule has 3 nitrogen and oxygen atoms in total. The monoisotopic (exact) mass is 219 g/mol. The fourth-order valence-corrected chi connectivity index (χ4v) is 1.78. The Labute approximate surface area is 93.3 Å². The number of nitrogens with zero attached hydrogens (tertiary/aromatic N) is 1. The van der Waals surface area contributed by atoms with Gasteiger partial charge in [0.05, 0.1) is 12.5 Å². The topological polar surface area (TPSA) is 66.9 Å². The van der Waals surface area contributed by atoms with Gasteiger partial charge in [0, 0.05) is 17.1 Å². The van der Waals surface area contributed by atoms with Crippen LogP contribution in [-0.2, 0) is 5.75 Å². The summed E-state index contributed by atoms with van der Waals surface area (Å²) in [4.78, 5) is 10.8. The highest BCUT2D eigenvalue weighted by Gasteiger charge is 1.99. The van der Waals surface area contributed by atoms with E-state index >= 15 is 0 Å². The molecule has 0 atom stereocenters. The number of amides is 1. The number of hydrogen-bond donors (Lipinski definition) is 1. The van der Waals surface area contributed by atoms with Crippen LogP contribution in [-0.4, -0.2) is 11.7 Å². The summed E-state index contributed by atoms with van der Waals surface area (Å²) in [5, 5.41) is 8.29. The van der Waals surface area contributed by atoms with Crippen molar-refractivity contribution >= 4 is 17.7 Å². The second-order valence-corrected chi connectivity index (χ2v) is 3.94. The van der Waals surface area contributed by atoms with Gasteiger partial charge in [-0.15, -0.1) is 0 Å². The van der Waals surface area contributed by atoms with E-state index < -0.39 is 5.91 Å². The zero-order chi connectivity index (χ0) is 11.1. The van der Waals surface area contributed by atoms with Crippen molar-refractivity contribution in [2.75, 3.05) is 5.75 Å². The fourth-order valence-electron chi connectivity index (χ4n) is 1.04. The van der Waals surface area contributed by atoms with Crippen molar-refractivity contribution < 1.29 is 4.79 Å². The second kappa shape index (κ2) is 6.10. The normalized spacial score (nSPS) is 9.53. The quantitative estimate of drug-likeness (QED) is 0.767. The van der Waals surface area contributed by atoms with Crippen molar-refractivity contribution in [3.8, 4) is 6.07 Å². The van der Waals surface area contributed by atoms with E-state index in [2.05, 4.69) is 0 Å². The predicted octanol–water partition coefficient (Wildman–Crippen LogP) is 1.75. The summed E-state index contributed by atoms with van der Waals surface area (Å²) in [6, 6.07) is 9.15. The Balaban J connectivity index is 2.43. The van der Waals surface area contributed by atoms with Gasteiger partial charge in [-0.25, -0.2) is 0 Å². The van der Waals surface area contributed by atoms with Gasteiger partial charge in [-0.1, -0.05) is 12.1 Å². The minimum absolute atomic E-state index is 0.410. The van der Waals surface area contributed by atoms with Crippen LogP contribution < -0.4 is 5.73 Å². The van der Waals surface area contributed by atoms with Gasteiger partial charge in [0.2, 0.25) is 5.91 Å². The molecule has 0 saturated heterocycles. The number of rotatable bonds is 5. The molecule has 15 heavy (non-hydrogen) atoms. The number of thioether (sulfide) groups is 1. The third-order valence-electron chi connectivity index (χ3n) is 1.80. The molecule has 0 unspecified atom stereocenters. The fraction of sp³-hybridized carbons (Fsp3) is 0.182. The highest BCUT2D eigenvalue weighted by Crippen LogP contribution is 2.13. The van der Waals surface area contributed by atoms with Crippen molar-refractivity contribution in [3.63, 3.8) is 0 Å². The van der Waals surface area contributed by atoms with Crippen LogP contribution in [0.1, 0.15) is 15.9 Å². The van der Waals surface area contributed by atoms with E-state index in [-0.39, 0.29) is 0 Å².